The number of rotatable bonds is 6. The molecule has 6 heteroatoms. The second-order valence-corrected chi connectivity index (χ2v) is 7.48. The number of amides is 2. The van der Waals surface area contributed by atoms with Gasteiger partial charge in [-0.15, -0.1) is 0 Å². The molecule has 2 aliphatic carbocycles. The monoisotopic (exact) mass is 358 g/mol. The van der Waals surface area contributed by atoms with E-state index in [4.69, 9.17) is 9.47 Å². The average Bonchev–Trinajstić information content (AvgIpc) is 3.31. The normalized spacial score (nSPS) is 20.5. The summed E-state index contributed by atoms with van der Waals surface area (Å²) in [7, 11) is 0. The van der Waals surface area contributed by atoms with Gasteiger partial charge in [0.05, 0.1) is 12.5 Å². The van der Waals surface area contributed by atoms with Crippen LogP contribution < -0.4 is 20.1 Å². The van der Waals surface area contributed by atoms with Gasteiger partial charge in [0.25, 0.3) is 0 Å². The van der Waals surface area contributed by atoms with Crippen LogP contribution in [0, 0.1) is 5.92 Å². The van der Waals surface area contributed by atoms with Crippen LogP contribution in [0.15, 0.2) is 18.2 Å². The fourth-order valence-corrected chi connectivity index (χ4v) is 3.97. The summed E-state index contributed by atoms with van der Waals surface area (Å²) >= 11 is 0. The summed E-state index contributed by atoms with van der Waals surface area (Å²) in [6, 6.07) is 6.09. The van der Waals surface area contributed by atoms with E-state index in [1.54, 1.807) is 0 Å². The first-order valence-corrected chi connectivity index (χ1v) is 9.67. The lowest BCUT2D eigenvalue weighted by molar-refractivity contribution is -0.127. The van der Waals surface area contributed by atoms with E-state index in [-0.39, 0.29) is 24.3 Å². The molecule has 1 aromatic rings. The van der Waals surface area contributed by atoms with E-state index in [9.17, 15) is 9.59 Å². The summed E-state index contributed by atoms with van der Waals surface area (Å²) in [5.74, 6) is 1.32. The fraction of sp³-hybridized carbons (Fsp3) is 0.600. The molecule has 1 aromatic carbocycles. The van der Waals surface area contributed by atoms with Gasteiger partial charge in [0.2, 0.25) is 11.8 Å². The lowest BCUT2D eigenvalue weighted by Crippen LogP contribution is -2.41. The SMILES string of the molecule is O=C(CNC(=O)C(c1ccc2c(c1)OCCO2)C1CCCC1)NC1CC1. The Hall–Kier alpha value is -2.24. The van der Waals surface area contributed by atoms with Crippen molar-refractivity contribution < 1.29 is 19.1 Å². The van der Waals surface area contributed by atoms with Gasteiger partial charge in [0.1, 0.15) is 13.2 Å². The van der Waals surface area contributed by atoms with Gasteiger partial charge in [0.15, 0.2) is 11.5 Å². The van der Waals surface area contributed by atoms with Crippen molar-refractivity contribution in [1.29, 1.82) is 0 Å². The molecule has 0 bridgehead atoms. The van der Waals surface area contributed by atoms with Crippen LogP contribution in [0.2, 0.25) is 0 Å². The predicted molar refractivity (Wildman–Crippen MR) is 96.3 cm³/mol. The van der Waals surface area contributed by atoms with Crippen LogP contribution in [0.3, 0.4) is 0 Å². The van der Waals surface area contributed by atoms with E-state index < -0.39 is 0 Å². The van der Waals surface area contributed by atoms with E-state index in [1.807, 2.05) is 18.2 Å². The van der Waals surface area contributed by atoms with Crippen molar-refractivity contribution in [1.82, 2.24) is 10.6 Å². The van der Waals surface area contributed by atoms with Gasteiger partial charge >= 0.3 is 0 Å². The molecule has 0 radical (unpaired) electrons. The van der Waals surface area contributed by atoms with Gasteiger partial charge in [-0.25, -0.2) is 0 Å². The van der Waals surface area contributed by atoms with Crippen molar-refractivity contribution in [2.24, 2.45) is 5.92 Å². The Morgan fingerprint density at radius 3 is 2.50 bits per heavy atom. The summed E-state index contributed by atoms with van der Waals surface area (Å²) < 4.78 is 11.3. The van der Waals surface area contributed by atoms with Crippen molar-refractivity contribution in [3.8, 4) is 11.5 Å². The van der Waals surface area contributed by atoms with Gasteiger partial charge in [-0.05, 0) is 49.3 Å². The molecule has 6 nitrogen and oxygen atoms in total. The minimum absolute atomic E-state index is 0.0447. The van der Waals surface area contributed by atoms with Crippen LogP contribution in [0.1, 0.15) is 50.0 Å². The molecule has 0 spiro atoms. The van der Waals surface area contributed by atoms with Crippen molar-refractivity contribution in [3.63, 3.8) is 0 Å². The highest BCUT2D eigenvalue weighted by Gasteiger charge is 2.33. The maximum Gasteiger partial charge on any atom is 0.239 e. The molecule has 1 aliphatic heterocycles. The van der Waals surface area contributed by atoms with Gasteiger partial charge in [-0.2, -0.15) is 0 Å². The Morgan fingerprint density at radius 1 is 1.04 bits per heavy atom. The molecule has 3 aliphatic rings. The predicted octanol–water partition coefficient (Wildman–Crippen LogP) is 2.13. The highest BCUT2D eigenvalue weighted by Crippen LogP contribution is 2.40. The number of carbonyl (C=O) groups excluding carboxylic acids is 2. The van der Waals surface area contributed by atoms with Gasteiger partial charge in [0, 0.05) is 6.04 Å². The third-order valence-corrected chi connectivity index (χ3v) is 5.44. The summed E-state index contributed by atoms with van der Waals surface area (Å²) in [5.41, 5.74) is 0.946. The van der Waals surface area contributed by atoms with Gasteiger partial charge in [-0.1, -0.05) is 18.9 Å². The highest BCUT2D eigenvalue weighted by atomic mass is 16.6. The van der Waals surface area contributed by atoms with Gasteiger partial charge < -0.3 is 20.1 Å². The Kier molecular flexibility index (Phi) is 5.00. The van der Waals surface area contributed by atoms with Crippen LogP contribution in [0.25, 0.3) is 0 Å². The second-order valence-electron chi connectivity index (χ2n) is 7.48. The van der Waals surface area contributed by atoms with Crippen LogP contribution >= 0.6 is 0 Å². The van der Waals surface area contributed by atoms with E-state index in [0.29, 0.717) is 30.9 Å². The van der Waals surface area contributed by atoms with Crippen LogP contribution in [0.5, 0.6) is 11.5 Å². The number of fused-ring (bicyclic) bond motifs is 1. The Balaban J connectivity index is 1.48. The third kappa shape index (κ3) is 3.94. The number of carbonyl (C=O) groups is 2. The molecule has 2 fully saturated rings. The quantitative estimate of drug-likeness (QED) is 0.817. The lowest BCUT2D eigenvalue weighted by Gasteiger charge is -2.25. The number of ether oxygens (including phenoxy) is 2. The summed E-state index contributed by atoms with van der Waals surface area (Å²) in [5, 5.41) is 5.76. The van der Waals surface area contributed by atoms with Crippen molar-refractivity contribution in [3.05, 3.63) is 23.8 Å². The molecule has 0 saturated heterocycles. The van der Waals surface area contributed by atoms with Crippen LogP contribution in [-0.4, -0.2) is 37.6 Å². The van der Waals surface area contributed by atoms with E-state index in [1.165, 1.54) is 0 Å². The minimum Gasteiger partial charge on any atom is -0.486 e. The molecule has 1 atom stereocenters. The summed E-state index contributed by atoms with van der Waals surface area (Å²) in [6.07, 6.45) is 6.48. The Bertz CT molecular complexity index is 680. The smallest absolute Gasteiger partial charge is 0.239 e. The number of benzene rings is 1. The first-order valence-electron chi connectivity index (χ1n) is 9.67. The topological polar surface area (TPSA) is 76.7 Å². The Labute approximate surface area is 153 Å². The van der Waals surface area contributed by atoms with Crippen LogP contribution in [-0.2, 0) is 9.59 Å². The molecule has 26 heavy (non-hydrogen) atoms. The highest BCUT2D eigenvalue weighted by molar-refractivity contribution is 5.89. The lowest BCUT2D eigenvalue weighted by atomic mass is 9.84. The number of hydrogen-bond acceptors (Lipinski definition) is 4. The zero-order valence-corrected chi connectivity index (χ0v) is 15.0. The molecular formula is C20H26N2O4. The summed E-state index contributed by atoms with van der Waals surface area (Å²) in [4.78, 5) is 24.8. The van der Waals surface area contributed by atoms with E-state index in [2.05, 4.69) is 10.6 Å². The van der Waals surface area contributed by atoms with Crippen molar-refractivity contribution in [2.45, 2.75) is 50.5 Å². The fourth-order valence-electron chi connectivity index (χ4n) is 3.97. The number of nitrogens with one attached hydrogen (secondary N) is 2. The maximum absolute atomic E-state index is 12.9. The zero-order valence-electron chi connectivity index (χ0n) is 15.0. The average molecular weight is 358 g/mol. The molecule has 2 saturated carbocycles. The zero-order chi connectivity index (χ0) is 17.9. The molecule has 1 heterocycles. The second kappa shape index (κ2) is 7.56. The molecular weight excluding hydrogens is 332 g/mol. The van der Waals surface area contributed by atoms with Gasteiger partial charge in [-0.3, -0.25) is 9.59 Å². The molecule has 1 unspecified atom stereocenters. The number of hydrogen-bond donors (Lipinski definition) is 2. The molecule has 0 aromatic heterocycles. The first kappa shape index (κ1) is 17.2. The van der Waals surface area contributed by atoms with Crippen molar-refractivity contribution in [2.75, 3.05) is 19.8 Å². The maximum atomic E-state index is 12.9. The first-order chi connectivity index (χ1) is 12.7. The standard InChI is InChI=1S/C20H26N2O4/c23-18(22-15-6-7-15)12-21-20(24)19(13-3-1-2-4-13)14-5-8-16-17(11-14)26-10-9-25-16/h5,8,11,13,15,19H,1-4,6-7,9-10,12H2,(H,21,24)(H,22,23). The minimum atomic E-state index is -0.248. The molecule has 4 rings (SSSR count). The molecule has 2 N–H and O–H groups in total. The Morgan fingerprint density at radius 2 is 1.77 bits per heavy atom. The third-order valence-electron chi connectivity index (χ3n) is 5.44. The van der Waals surface area contributed by atoms with Crippen LogP contribution in [0.4, 0.5) is 0 Å². The molecule has 2 amide bonds. The summed E-state index contributed by atoms with van der Waals surface area (Å²) in [6.45, 7) is 1.12. The molecule has 140 valence electrons. The van der Waals surface area contributed by atoms with E-state index in [0.717, 1.165) is 49.8 Å². The largest absolute Gasteiger partial charge is 0.486 e. The van der Waals surface area contributed by atoms with Crippen molar-refractivity contribution >= 4 is 11.8 Å². The van der Waals surface area contributed by atoms with E-state index >= 15 is 0 Å².